The highest BCUT2D eigenvalue weighted by molar-refractivity contribution is 6.18. The van der Waals surface area contributed by atoms with Crippen LogP contribution in [0.25, 0.3) is 0 Å². The Bertz CT molecular complexity index is 354. The van der Waals surface area contributed by atoms with Crippen molar-refractivity contribution in [2.24, 2.45) is 0 Å². The lowest BCUT2D eigenvalue weighted by Crippen LogP contribution is -2.36. The maximum absolute atomic E-state index is 11.9. The third kappa shape index (κ3) is 2.93. The maximum Gasteiger partial charge on any atom is 0.253 e. The predicted molar refractivity (Wildman–Crippen MR) is 61.2 cm³/mol. The average molecular weight is 227 g/mol. The molecule has 1 aromatic rings. The number of aryl methyl sites for hydroxylation is 1. The number of rotatable bonds is 3. The first kappa shape index (κ1) is 12.0. The van der Waals surface area contributed by atoms with Crippen molar-refractivity contribution in [3.05, 3.63) is 29.6 Å². The molecule has 4 heteroatoms. The van der Waals surface area contributed by atoms with Gasteiger partial charge in [0.1, 0.15) is 0 Å². The van der Waals surface area contributed by atoms with Gasteiger partial charge < -0.3 is 4.90 Å². The monoisotopic (exact) mass is 226 g/mol. The van der Waals surface area contributed by atoms with Crippen molar-refractivity contribution >= 4 is 17.5 Å². The van der Waals surface area contributed by atoms with E-state index in [4.69, 9.17) is 11.6 Å². The Balaban J connectivity index is 2.85. The van der Waals surface area contributed by atoms with Crippen molar-refractivity contribution in [1.29, 1.82) is 0 Å². The molecular formula is C11H15ClN2O. The van der Waals surface area contributed by atoms with Crippen LogP contribution in [-0.2, 0) is 0 Å². The molecule has 1 amide bonds. The van der Waals surface area contributed by atoms with Gasteiger partial charge in [0, 0.05) is 36.4 Å². The Labute approximate surface area is 95.1 Å². The molecule has 0 aliphatic heterocycles. The Hall–Kier alpha value is -1.09. The molecule has 82 valence electrons. The molecule has 0 spiro atoms. The number of carbonyl (C=O) groups excluding carboxylic acids is 1. The van der Waals surface area contributed by atoms with E-state index in [0.29, 0.717) is 11.4 Å². The lowest BCUT2D eigenvalue weighted by molar-refractivity contribution is 0.0756. The minimum absolute atomic E-state index is 0.0198. The molecule has 0 saturated heterocycles. The third-order valence-electron chi connectivity index (χ3n) is 2.35. The summed E-state index contributed by atoms with van der Waals surface area (Å²) in [4.78, 5) is 17.6. The molecular weight excluding hydrogens is 212 g/mol. The highest BCUT2D eigenvalue weighted by Gasteiger charge is 2.16. The smallest absolute Gasteiger partial charge is 0.253 e. The van der Waals surface area contributed by atoms with E-state index in [0.717, 1.165) is 5.69 Å². The summed E-state index contributed by atoms with van der Waals surface area (Å²) >= 11 is 5.70. The second kappa shape index (κ2) is 5.12. The zero-order valence-electron chi connectivity index (χ0n) is 9.20. The zero-order chi connectivity index (χ0) is 11.4. The van der Waals surface area contributed by atoms with Crippen LogP contribution in [0.15, 0.2) is 18.3 Å². The van der Waals surface area contributed by atoms with E-state index >= 15 is 0 Å². The molecule has 3 nitrogen and oxygen atoms in total. The summed E-state index contributed by atoms with van der Waals surface area (Å²) in [5, 5.41) is 0. The second-order valence-corrected chi connectivity index (χ2v) is 3.91. The van der Waals surface area contributed by atoms with Gasteiger partial charge >= 0.3 is 0 Å². The largest absolute Gasteiger partial charge is 0.338 e. The van der Waals surface area contributed by atoms with Crippen LogP contribution in [0.3, 0.4) is 0 Å². The first-order valence-electron chi connectivity index (χ1n) is 4.82. The van der Waals surface area contributed by atoms with Crippen LogP contribution in [0.1, 0.15) is 23.0 Å². The van der Waals surface area contributed by atoms with E-state index in [9.17, 15) is 4.79 Å². The number of halogens is 1. The fraction of sp³-hybridized carbons (Fsp3) is 0.455. The highest BCUT2D eigenvalue weighted by Crippen LogP contribution is 2.08. The molecule has 15 heavy (non-hydrogen) atoms. The van der Waals surface area contributed by atoms with Crippen LogP contribution in [0.4, 0.5) is 0 Å². The molecule has 0 saturated carbocycles. The van der Waals surface area contributed by atoms with Gasteiger partial charge in [0.05, 0.1) is 0 Å². The summed E-state index contributed by atoms with van der Waals surface area (Å²) < 4.78 is 0. The van der Waals surface area contributed by atoms with Crippen LogP contribution in [-0.4, -0.2) is 34.8 Å². The highest BCUT2D eigenvalue weighted by atomic mass is 35.5. The van der Waals surface area contributed by atoms with Crippen molar-refractivity contribution in [3.8, 4) is 0 Å². The lowest BCUT2D eigenvalue weighted by atomic mass is 10.2. The number of carbonyl (C=O) groups is 1. The van der Waals surface area contributed by atoms with Gasteiger partial charge in [0.25, 0.3) is 5.91 Å². The van der Waals surface area contributed by atoms with Crippen molar-refractivity contribution in [1.82, 2.24) is 9.88 Å². The Morgan fingerprint density at radius 1 is 1.67 bits per heavy atom. The fourth-order valence-electron chi connectivity index (χ4n) is 1.19. The molecule has 1 atom stereocenters. The summed E-state index contributed by atoms with van der Waals surface area (Å²) in [5.74, 6) is 0.417. The number of alkyl halides is 1. The lowest BCUT2D eigenvalue weighted by Gasteiger charge is -2.23. The summed E-state index contributed by atoms with van der Waals surface area (Å²) in [6.45, 7) is 3.78. The molecule has 1 heterocycles. The first-order valence-corrected chi connectivity index (χ1v) is 5.35. The zero-order valence-corrected chi connectivity index (χ0v) is 9.95. The minimum Gasteiger partial charge on any atom is -0.338 e. The van der Waals surface area contributed by atoms with Gasteiger partial charge in [-0.2, -0.15) is 0 Å². The number of amides is 1. The fourth-order valence-corrected chi connectivity index (χ4v) is 1.39. The summed E-state index contributed by atoms with van der Waals surface area (Å²) in [6.07, 6.45) is 1.64. The number of aromatic nitrogens is 1. The van der Waals surface area contributed by atoms with Crippen molar-refractivity contribution in [2.45, 2.75) is 19.9 Å². The maximum atomic E-state index is 11.9. The molecule has 0 aromatic carbocycles. The van der Waals surface area contributed by atoms with Crippen LogP contribution in [0.5, 0.6) is 0 Å². The van der Waals surface area contributed by atoms with E-state index < -0.39 is 0 Å². The van der Waals surface area contributed by atoms with Gasteiger partial charge in [-0.15, -0.1) is 11.6 Å². The first-order chi connectivity index (χ1) is 7.06. The van der Waals surface area contributed by atoms with Gasteiger partial charge in [0.15, 0.2) is 0 Å². The van der Waals surface area contributed by atoms with E-state index in [2.05, 4.69) is 4.98 Å². The average Bonchev–Trinajstić information content (AvgIpc) is 2.26. The van der Waals surface area contributed by atoms with Gasteiger partial charge in [-0.1, -0.05) is 0 Å². The van der Waals surface area contributed by atoms with E-state index in [1.807, 2.05) is 13.8 Å². The van der Waals surface area contributed by atoms with Crippen LogP contribution < -0.4 is 0 Å². The SMILES string of the molecule is Cc1cc(C(=O)N(C)C(C)CCl)ccn1. The standard InChI is InChI=1S/C11H15ClN2O/c1-8-6-10(4-5-13-8)11(15)14(3)9(2)7-12/h4-6,9H,7H2,1-3H3. The Kier molecular flexibility index (Phi) is 4.09. The molecule has 0 radical (unpaired) electrons. The van der Waals surface area contributed by atoms with Gasteiger partial charge in [-0.3, -0.25) is 9.78 Å². The molecule has 0 fully saturated rings. The molecule has 0 aliphatic rings. The summed E-state index contributed by atoms with van der Waals surface area (Å²) in [6, 6.07) is 3.53. The summed E-state index contributed by atoms with van der Waals surface area (Å²) in [5.41, 5.74) is 1.50. The molecule has 0 aliphatic carbocycles. The van der Waals surface area contributed by atoms with E-state index in [1.165, 1.54) is 0 Å². The van der Waals surface area contributed by atoms with Gasteiger partial charge in [-0.05, 0) is 26.0 Å². The van der Waals surface area contributed by atoms with Crippen LogP contribution >= 0.6 is 11.6 Å². The van der Waals surface area contributed by atoms with Crippen LogP contribution in [0.2, 0.25) is 0 Å². The van der Waals surface area contributed by atoms with Crippen molar-refractivity contribution < 1.29 is 4.79 Å². The van der Waals surface area contributed by atoms with Gasteiger partial charge in [0.2, 0.25) is 0 Å². The molecule has 1 aromatic heterocycles. The number of nitrogens with zero attached hydrogens (tertiary/aromatic N) is 2. The quantitative estimate of drug-likeness (QED) is 0.740. The van der Waals surface area contributed by atoms with Gasteiger partial charge in [-0.25, -0.2) is 0 Å². The second-order valence-electron chi connectivity index (χ2n) is 3.61. The van der Waals surface area contributed by atoms with Crippen LogP contribution in [0, 0.1) is 6.92 Å². The minimum atomic E-state index is -0.0198. The van der Waals surface area contributed by atoms with Crippen molar-refractivity contribution in [3.63, 3.8) is 0 Å². The Morgan fingerprint density at radius 3 is 2.87 bits per heavy atom. The molecule has 0 N–H and O–H groups in total. The topological polar surface area (TPSA) is 33.2 Å². The molecule has 0 bridgehead atoms. The number of hydrogen-bond donors (Lipinski definition) is 0. The normalized spacial score (nSPS) is 12.3. The van der Waals surface area contributed by atoms with E-state index in [1.54, 1.807) is 30.3 Å². The third-order valence-corrected chi connectivity index (χ3v) is 2.80. The Morgan fingerprint density at radius 2 is 2.33 bits per heavy atom. The molecule has 1 rings (SSSR count). The van der Waals surface area contributed by atoms with E-state index in [-0.39, 0.29) is 11.9 Å². The number of hydrogen-bond acceptors (Lipinski definition) is 2. The predicted octanol–water partition coefficient (Wildman–Crippen LogP) is 2.09. The van der Waals surface area contributed by atoms with Crippen molar-refractivity contribution in [2.75, 3.05) is 12.9 Å². The summed E-state index contributed by atoms with van der Waals surface area (Å²) in [7, 11) is 1.76. The molecule has 1 unspecified atom stereocenters. The number of pyridine rings is 1.